The highest BCUT2D eigenvalue weighted by molar-refractivity contribution is 7.07. The smallest absolute Gasteiger partial charge is 0.293 e. The first-order chi connectivity index (χ1) is 6.86. The Morgan fingerprint density at radius 3 is 3.21 bits per heavy atom. The van der Waals surface area contributed by atoms with Crippen LogP contribution in [0.3, 0.4) is 0 Å². The van der Waals surface area contributed by atoms with Gasteiger partial charge in [0.05, 0.1) is 0 Å². The van der Waals surface area contributed by atoms with Crippen LogP contribution in [0.4, 0.5) is 0 Å². The number of amides is 1. The zero-order valence-electron chi connectivity index (χ0n) is 7.10. The summed E-state index contributed by atoms with van der Waals surface area (Å²) in [6.07, 6.45) is 0. The van der Waals surface area contributed by atoms with E-state index >= 15 is 0 Å². The van der Waals surface area contributed by atoms with E-state index in [-0.39, 0.29) is 11.7 Å². The second kappa shape index (κ2) is 3.97. The van der Waals surface area contributed by atoms with Crippen molar-refractivity contribution < 1.29 is 4.79 Å². The third-order valence-corrected chi connectivity index (χ3v) is 2.31. The molecular weight excluding hydrogens is 202 g/mol. The van der Waals surface area contributed by atoms with Gasteiger partial charge in [0, 0.05) is 6.54 Å². The average molecular weight is 209 g/mol. The van der Waals surface area contributed by atoms with Gasteiger partial charge in [-0.1, -0.05) is 0 Å². The summed E-state index contributed by atoms with van der Waals surface area (Å²) in [5.74, 6) is -0.273. The molecule has 72 valence electrons. The molecule has 2 heterocycles. The Kier molecular flexibility index (Phi) is 2.50. The van der Waals surface area contributed by atoms with Crippen LogP contribution in [-0.2, 0) is 6.54 Å². The van der Waals surface area contributed by atoms with Crippen molar-refractivity contribution in [3.63, 3.8) is 0 Å². The van der Waals surface area contributed by atoms with Gasteiger partial charge in [0.2, 0.25) is 0 Å². The van der Waals surface area contributed by atoms with Gasteiger partial charge in [0.25, 0.3) is 11.7 Å². The Bertz CT molecular complexity index is 396. The summed E-state index contributed by atoms with van der Waals surface area (Å²) in [6, 6.07) is 1.95. The fourth-order valence-corrected chi connectivity index (χ4v) is 1.58. The third-order valence-electron chi connectivity index (χ3n) is 1.58. The summed E-state index contributed by atoms with van der Waals surface area (Å²) in [5.41, 5.74) is 1.06. The normalized spacial score (nSPS) is 10.0. The van der Waals surface area contributed by atoms with E-state index in [9.17, 15) is 4.79 Å². The maximum Gasteiger partial charge on any atom is 0.293 e. The Balaban J connectivity index is 1.90. The van der Waals surface area contributed by atoms with E-state index < -0.39 is 0 Å². The lowest BCUT2D eigenvalue weighted by atomic mass is 10.3. The van der Waals surface area contributed by atoms with Crippen LogP contribution in [-0.4, -0.2) is 26.5 Å². The van der Waals surface area contributed by atoms with Crippen LogP contribution in [0, 0.1) is 0 Å². The Morgan fingerprint density at radius 1 is 1.64 bits per heavy atom. The molecule has 2 aromatic heterocycles. The van der Waals surface area contributed by atoms with E-state index in [2.05, 4.69) is 25.9 Å². The second-order valence-electron chi connectivity index (χ2n) is 2.55. The van der Waals surface area contributed by atoms with Crippen LogP contribution in [0.25, 0.3) is 0 Å². The van der Waals surface area contributed by atoms with E-state index in [1.54, 1.807) is 11.3 Å². The molecule has 0 aliphatic heterocycles. The van der Waals surface area contributed by atoms with E-state index in [0.717, 1.165) is 5.56 Å². The van der Waals surface area contributed by atoms with E-state index in [0.29, 0.717) is 6.54 Å². The quantitative estimate of drug-likeness (QED) is 0.755. The first-order valence-corrected chi connectivity index (χ1v) is 4.83. The Hall–Kier alpha value is -1.76. The highest BCUT2D eigenvalue weighted by Crippen LogP contribution is 2.04. The van der Waals surface area contributed by atoms with Crippen LogP contribution >= 0.6 is 11.3 Å². The summed E-state index contributed by atoms with van der Waals surface area (Å²) in [4.78, 5) is 11.3. The number of carbonyl (C=O) groups excluding carboxylic acids is 1. The van der Waals surface area contributed by atoms with Crippen molar-refractivity contribution in [1.29, 1.82) is 0 Å². The predicted molar refractivity (Wildman–Crippen MR) is 49.7 cm³/mol. The Labute approximate surface area is 83.3 Å². The predicted octanol–water partition coefficient (Wildman–Crippen LogP) is 0.191. The minimum absolute atomic E-state index is 0.0558. The van der Waals surface area contributed by atoms with Gasteiger partial charge in [-0.3, -0.25) is 4.79 Å². The molecule has 6 nitrogen and oxygen atoms in total. The van der Waals surface area contributed by atoms with Crippen LogP contribution in [0.5, 0.6) is 0 Å². The Morgan fingerprint density at radius 2 is 2.57 bits per heavy atom. The van der Waals surface area contributed by atoms with E-state index in [4.69, 9.17) is 0 Å². The summed E-state index contributed by atoms with van der Waals surface area (Å²) < 4.78 is 0. The monoisotopic (exact) mass is 209 g/mol. The van der Waals surface area contributed by atoms with Gasteiger partial charge in [0.1, 0.15) is 0 Å². The average Bonchev–Trinajstić information content (AvgIpc) is 2.87. The van der Waals surface area contributed by atoms with Crippen LogP contribution in [0.1, 0.15) is 16.2 Å². The van der Waals surface area contributed by atoms with Crippen molar-refractivity contribution in [1.82, 2.24) is 25.9 Å². The van der Waals surface area contributed by atoms with Gasteiger partial charge in [-0.05, 0) is 27.6 Å². The lowest BCUT2D eigenvalue weighted by Crippen LogP contribution is -2.23. The SMILES string of the molecule is O=C(NCc1ccsc1)c1nn[nH]n1. The molecule has 2 N–H and O–H groups in total. The number of aromatic amines is 1. The molecule has 0 bridgehead atoms. The fraction of sp³-hybridized carbons (Fsp3) is 0.143. The number of rotatable bonds is 3. The minimum atomic E-state index is -0.329. The van der Waals surface area contributed by atoms with Gasteiger partial charge < -0.3 is 5.32 Å². The van der Waals surface area contributed by atoms with Crippen LogP contribution < -0.4 is 5.32 Å². The number of nitrogens with one attached hydrogen (secondary N) is 2. The second-order valence-corrected chi connectivity index (χ2v) is 3.33. The molecule has 0 unspecified atom stereocenters. The molecule has 0 aromatic carbocycles. The summed E-state index contributed by atoms with van der Waals surface area (Å²) in [7, 11) is 0. The molecule has 0 saturated carbocycles. The standard InChI is InChI=1S/C7H7N5OS/c13-7(6-9-11-12-10-6)8-3-5-1-2-14-4-5/h1-2,4H,3H2,(H,8,13)(H,9,10,11,12). The molecular formula is C7H7N5OS. The lowest BCUT2D eigenvalue weighted by Gasteiger charge is -1.98. The topological polar surface area (TPSA) is 83.6 Å². The highest BCUT2D eigenvalue weighted by atomic mass is 32.1. The molecule has 2 rings (SSSR count). The number of hydrogen-bond donors (Lipinski definition) is 2. The molecule has 0 atom stereocenters. The summed E-state index contributed by atoms with van der Waals surface area (Å²) >= 11 is 1.59. The molecule has 0 spiro atoms. The number of hydrogen-bond acceptors (Lipinski definition) is 5. The van der Waals surface area contributed by atoms with Crippen LogP contribution in [0.15, 0.2) is 16.8 Å². The zero-order valence-corrected chi connectivity index (χ0v) is 7.91. The van der Waals surface area contributed by atoms with Crippen molar-refractivity contribution in [2.75, 3.05) is 0 Å². The molecule has 2 aromatic rings. The van der Waals surface area contributed by atoms with Gasteiger partial charge in [0.15, 0.2) is 0 Å². The maximum atomic E-state index is 11.3. The molecule has 1 amide bonds. The molecule has 0 aliphatic rings. The largest absolute Gasteiger partial charge is 0.345 e. The molecule has 7 heteroatoms. The number of nitrogens with zero attached hydrogens (tertiary/aromatic N) is 3. The minimum Gasteiger partial charge on any atom is -0.345 e. The molecule has 14 heavy (non-hydrogen) atoms. The summed E-state index contributed by atoms with van der Waals surface area (Å²) in [5, 5.41) is 19.2. The molecule has 0 radical (unpaired) electrons. The van der Waals surface area contributed by atoms with Gasteiger partial charge in [-0.15, -0.1) is 10.2 Å². The number of thiophene rings is 1. The van der Waals surface area contributed by atoms with Crippen molar-refractivity contribution in [2.24, 2.45) is 0 Å². The lowest BCUT2D eigenvalue weighted by molar-refractivity contribution is 0.0940. The van der Waals surface area contributed by atoms with E-state index in [1.807, 2.05) is 16.8 Å². The first kappa shape index (κ1) is 8.82. The van der Waals surface area contributed by atoms with Crippen molar-refractivity contribution in [3.8, 4) is 0 Å². The third kappa shape index (κ3) is 1.94. The number of H-pyrrole nitrogens is 1. The van der Waals surface area contributed by atoms with Gasteiger partial charge in [-0.2, -0.15) is 16.6 Å². The van der Waals surface area contributed by atoms with Crippen molar-refractivity contribution in [2.45, 2.75) is 6.54 Å². The molecule has 0 fully saturated rings. The number of tetrazole rings is 1. The number of carbonyl (C=O) groups is 1. The zero-order chi connectivity index (χ0) is 9.80. The first-order valence-electron chi connectivity index (χ1n) is 3.89. The molecule has 0 saturated heterocycles. The molecule has 0 aliphatic carbocycles. The van der Waals surface area contributed by atoms with Gasteiger partial charge >= 0.3 is 0 Å². The highest BCUT2D eigenvalue weighted by Gasteiger charge is 2.09. The maximum absolute atomic E-state index is 11.3. The van der Waals surface area contributed by atoms with Crippen LogP contribution in [0.2, 0.25) is 0 Å². The van der Waals surface area contributed by atoms with E-state index in [1.165, 1.54) is 0 Å². The van der Waals surface area contributed by atoms with Gasteiger partial charge in [-0.25, -0.2) is 0 Å². The fourth-order valence-electron chi connectivity index (χ4n) is 0.913. The van der Waals surface area contributed by atoms with Crippen molar-refractivity contribution >= 4 is 17.2 Å². The number of aromatic nitrogens is 4. The van der Waals surface area contributed by atoms with Crippen molar-refractivity contribution in [3.05, 3.63) is 28.2 Å². The summed E-state index contributed by atoms with van der Waals surface area (Å²) in [6.45, 7) is 0.483.